The highest BCUT2D eigenvalue weighted by Crippen LogP contribution is 2.22. The molecule has 0 aliphatic carbocycles. The van der Waals surface area contributed by atoms with Gasteiger partial charge in [-0.15, -0.1) is 12.3 Å². The second-order valence-electron chi connectivity index (χ2n) is 3.15. The smallest absolute Gasteiger partial charge is 0.253 e. The molecule has 0 bridgehead atoms. The SMILES string of the molecule is C#CCC(C)Nc1c(F)c(F)nc(F)c1F. The van der Waals surface area contributed by atoms with Crippen molar-refractivity contribution in [2.75, 3.05) is 5.32 Å². The maximum atomic E-state index is 13.1. The van der Waals surface area contributed by atoms with E-state index in [2.05, 4.69) is 16.2 Å². The second-order valence-corrected chi connectivity index (χ2v) is 3.15. The summed E-state index contributed by atoms with van der Waals surface area (Å²) in [7, 11) is 0. The summed E-state index contributed by atoms with van der Waals surface area (Å²) in [6, 6.07) is -0.518. The van der Waals surface area contributed by atoms with E-state index in [0.29, 0.717) is 0 Å². The van der Waals surface area contributed by atoms with Crippen molar-refractivity contribution in [3.63, 3.8) is 0 Å². The Hall–Kier alpha value is -1.77. The monoisotopic (exact) mass is 232 g/mol. The fourth-order valence-corrected chi connectivity index (χ4v) is 1.09. The van der Waals surface area contributed by atoms with Crippen LogP contribution in [0, 0.1) is 35.9 Å². The van der Waals surface area contributed by atoms with Crippen LogP contribution in [-0.2, 0) is 0 Å². The number of anilines is 1. The fourth-order valence-electron chi connectivity index (χ4n) is 1.09. The quantitative estimate of drug-likeness (QED) is 0.492. The van der Waals surface area contributed by atoms with E-state index in [1.807, 2.05) is 0 Å². The van der Waals surface area contributed by atoms with Gasteiger partial charge < -0.3 is 5.32 Å². The summed E-state index contributed by atoms with van der Waals surface area (Å²) >= 11 is 0. The van der Waals surface area contributed by atoms with Gasteiger partial charge in [-0.3, -0.25) is 0 Å². The number of terminal acetylenes is 1. The van der Waals surface area contributed by atoms with Crippen LogP contribution in [0.4, 0.5) is 23.2 Å². The van der Waals surface area contributed by atoms with Crippen molar-refractivity contribution in [3.05, 3.63) is 23.5 Å². The molecule has 1 aromatic rings. The van der Waals surface area contributed by atoms with Crippen LogP contribution in [0.25, 0.3) is 0 Å². The molecule has 0 saturated heterocycles. The molecule has 0 saturated carbocycles. The highest BCUT2D eigenvalue weighted by atomic mass is 19.2. The van der Waals surface area contributed by atoms with Crippen LogP contribution in [0.2, 0.25) is 0 Å². The van der Waals surface area contributed by atoms with Crippen molar-refractivity contribution < 1.29 is 17.6 Å². The van der Waals surface area contributed by atoms with E-state index in [-0.39, 0.29) is 6.42 Å². The molecule has 1 heterocycles. The van der Waals surface area contributed by atoms with Crippen molar-refractivity contribution >= 4 is 5.69 Å². The van der Waals surface area contributed by atoms with Crippen molar-refractivity contribution in [1.82, 2.24) is 4.98 Å². The summed E-state index contributed by atoms with van der Waals surface area (Å²) in [5.41, 5.74) is -0.896. The molecule has 0 amide bonds. The number of hydrogen-bond donors (Lipinski definition) is 1. The molecule has 86 valence electrons. The first-order chi connectivity index (χ1) is 7.47. The number of pyridine rings is 1. The molecule has 1 N–H and O–H groups in total. The van der Waals surface area contributed by atoms with Crippen molar-refractivity contribution in [2.24, 2.45) is 0 Å². The van der Waals surface area contributed by atoms with Gasteiger partial charge in [0.2, 0.25) is 11.6 Å². The number of nitrogens with zero attached hydrogens (tertiary/aromatic N) is 1. The minimum absolute atomic E-state index is 0.157. The van der Waals surface area contributed by atoms with E-state index in [9.17, 15) is 17.6 Å². The van der Waals surface area contributed by atoms with E-state index in [0.717, 1.165) is 0 Å². The molecule has 0 spiro atoms. The summed E-state index contributed by atoms with van der Waals surface area (Å²) in [5, 5.41) is 2.25. The first-order valence-electron chi connectivity index (χ1n) is 4.37. The van der Waals surface area contributed by atoms with Crippen LogP contribution >= 0.6 is 0 Å². The van der Waals surface area contributed by atoms with E-state index < -0.39 is 35.3 Å². The van der Waals surface area contributed by atoms with Crippen LogP contribution in [0.1, 0.15) is 13.3 Å². The van der Waals surface area contributed by atoms with Crippen LogP contribution < -0.4 is 5.32 Å². The lowest BCUT2D eigenvalue weighted by Crippen LogP contribution is -2.18. The van der Waals surface area contributed by atoms with Gasteiger partial charge in [-0.05, 0) is 6.92 Å². The molecule has 1 aromatic heterocycles. The van der Waals surface area contributed by atoms with E-state index in [4.69, 9.17) is 6.42 Å². The third-order valence-electron chi connectivity index (χ3n) is 1.81. The molecule has 16 heavy (non-hydrogen) atoms. The molecule has 1 rings (SSSR count). The zero-order chi connectivity index (χ0) is 12.3. The van der Waals surface area contributed by atoms with E-state index in [1.165, 1.54) is 6.92 Å². The third kappa shape index (κ3) is 2.42. The molecule has 0 aromatic carbocycles. The zero-order valence-electron chi connectivity index (χ0n) is 8.32. The summed E-state index contributed by atoms with van der Waals surface area (Å²) in [6.45, 7) is 1.52. The summed E-state index contributed by atoms with van der Waals surface area (Å²) in [6.07, 6.45) is 5.14. The highest BCUT2D eigenvalue weighted by molar-refractivity contribution is 5.46. The maximum absolute atomic E-state index is 13.1. The highest BCUT2D eigenvalue weighted by Gasteiger charge is 2.21. The molecule has 0 aliphatic heterocycles. The number of rotatable bonds is 3. The topological polar surface area (TPSA) is 24.9 Å². The van der Waals surface area contributed by atoms with Gasteiger partial charge in [0.15, 0.2) is 0 Å². The van der Waals surface area contributed by atoms with Crippen molar-refractivity contribution in [1.29, 1.82) is 0 Å². The average Bonchev–Trinajstić information content (AvgIpc) is 2.22. The van der Waals surface area contributed by atoms with Crippen LogP contribution in [0.5, 0.6) is 0 Å². The Kier molecular flexibility index (Phi) is 3.72. The molecule has 0 aliphatic rings. The summed E-state index contributed by atoms with van der Waals surface area (Å²) in [5.74, 6) is -4.29. The van der Waals surface area contributed by atoms with Crippen molar-refractivity contribution in [2.45, 2.75) is 19.4 Å². The number of aromatic nitrogens is 1. The number of halogens is 4. The molecular formula is C10H8F4N2. The lowest BCUT2D eigenvalue weighted by molar-refractivity contribution is 0.410. The Morgan fingerprint density at radius 3 is 2.19 bits per heavy atom. The van der Waals surface area contributed by atoms with Crippen LogP contribution in [0.15, 0.2) is 0 Å². The van der Waals surface area contributed by atoms with Gasteiger partial charge in [-0.2, -0.15) is 22.5 Å². The summed E-state index contributed by atoms with van der Waals surface area (Å²) < 4.78 is 51.5. The predicted octanol–water partition coefficient (Wildman–Crippen LogP) is 2.46. The van der Waals surface area contributed by atoms with Crippen LogP contribution in [-0.4, -0.2) is 11.0 Å². The Morgan fingerprint density at radius 2 is 1.75 bits per heavy atom. The molecule has 1 atom stereocenters. The van der Waals surface area contributed by atoms with Gasteiger partial charge in [0.05, 0.1) is 0 Å². The standard InChI is InChI=1S/C10H8F4N2/c1-3-4-5(2)15-8-6(11)9(13)16-10(14)7(8)12/h1,5H,4H2,2H3,(H,15,16). The molecule has 1 unspecified atom stereocenters. The summed E-state index contributed by atoms with van der Waals surface area (Å²) in [4.78, 5) is 2.42. The predicted molar refractivity (Wildman–Crippen MR) is 50.6 cm³/mol. The van der Waals surface area contributed by atoms with E-state index in [1.54, 1.807) is 0 Å². The molecule has 2 nitrogen and oxygen atoms in total. The zero-order valence-corrected chi connectivity index (χ0v) is 8.32. The first-order valence-corrected chi connectivity index (χ1v) is 4.37. The lowest BCUT2D eigenvalue weighted by atomic mass is 10.2. The van der Waals surface area contributed by atoms with Crippen molar-refractivity contribution in [3.8, 4) is 12.3 Å². The average molecular weight is 232 g/mol. The maximum Gasteiger partial charge on any atom is 0.253 e. The third-order valence-corrected chi connectivity index (χ3v) is 1.81. The van der Waals surface area contributed by atoms with Gasteiger partial charge in [0.1, 0.15) is 5.69 Å². The van der Waals surface area contributed by atoms with Gasteiger partial charge in [-0.1, -0.05) is 0 Å². The number of hydrogen-bond acceptors (Lipinski definition) is 2. The normalized spacial score (nSPS) is 12.0. The molecule has 6 heteroatoms. The van der Waals surface area contributed by atoms with E-state index >= 15 is 0 Å². The Bertz CT molecular complexity index is 413. The molecular weight excluding hydrogens is 224 g/mol. The Morgan fingerprint density at radius 1 is 1.25 bits per heavy atom. The van der Waals surface area contributed by atoms with Gasteiger partial charge in [0.25, 0.3) is 11.9 Å². The van der Waals surface area contributed by atoms with Gasteiger partial charge in [0, 0.05) is 12.5 Å². The second kappa shape index (κ2) is 4.84. The largest absolute Gasteiger partial charge is 0.377 e. The number of nitrogens with one attached hydrogen (secondary N) is 1. The van der Waals surface area contributed by atoms with Gasteiger partial charge >= 0.3 is 0 Å². The minimum atomic E-state index is -1.70. The Balaban J connectivity index is 3.08. The van der Waals surface area contributed by atoms with Gasteiger partial charge in [-0.25, -0.2) is 0 Å². The lowest BCUT2D eigenvalue weighted by Gasteiger charge is -2.14. The molecule has 0 fully saturated rings. The fraction of sp³-hybridized carbons (Fsp3) is 0.300. The first kappa shape index (κ1) is 12.3. The molecule has 0 radical (unpaired) electrons. The minimum Gasteiger partial charge on any atom is -0.377 e. The van der Waals surface area contributed by atoms with Crippen LogP contribution in [0.3, 0.4) is 0 Å². The Labute approximate surface area is 89.7 Å².